The number of aromatic nitrogens is 4. The first-order valence-corrected chi connectivity index (χ1v) is 9.88. The molecule has 0 saturated carbocycles. The number of nitrogens with one attached hydrogen (secondary N) is 1. The number of amides is 1. The number of para-hydroxylation sites is 1. The topological polar surface area (TPSA) is 93.8 Å². The highest BCUT2D eigenvalue weighted by molar-refractivity contribution is 6.30. The average Bonchev–Trinajstić information content (AvgIpc) is 3.19. The molecular weight excluding hydrogens is 416 g/mol. The second-order valence-corrected chi connectivity index (χ2v) is 7.27. The molecular formula is C22H19ClN6O2. The summed E-state index contributed by atoms with van der Waals surface area (Å²) >= 11 is 5.91. The molecule has 1 amide bonds. The third-order valence-electron chi connectivity index (χ3n) is 4.42. The molecule has 156 valence electrons. The standard InChI is InChI=1S/C22H19ClN6O2/c1-14-11-15(2)29-22(25-14)26-20(28-29)21(30)27-24-12-17-5-3-4-6-19(17)31-13-16-7-9-18(23)10-8-16/h3-12H,13H2,1-2H3,(H,27,30). The van der Waals surface area contributed by atoms with E-state index in [1.54, 1.807) is 0 Å². The highest BCUT2D eigenvalue weighted by atomic mass is 35.5. The summed E-state index contributed by atoms with van der Waals surface area (Å²) in [5.41, 5.74) is 5.79. The Kier molecular flexibility index (Phi) is 5.90. The van der Waals surface area contributed by atoms with Gasteiger partial charge in [0.2, 0.25) is 5.82 Å². The van der Waals surface area contributed by atoms with Gasteiger partial charge in [0.25, 0.3) is 5.78 Å². The molecule has 9 heteroatoms. The number of halogens is 1. The monoisotopic (exact) mass is 434 g/mol. The second kappa shape index (κ2) is 8.93. The van der Waals surface area contributed by atoms with Crippen LogP contribution in [-0.4, -0.2) is 31.7 Å². The van der Waals surface area contributed by atoms with Gasteiger partial charge in [0.15, 0.2) is 0 Å². The highest BCUT2D eigenvalue weighted by Gasteiger charge is 2.14. The SMILES string of the molecule is Cc1cc(C)n2nc(C(=O)NN=Cc3ccccc3OCc3ccc(Cl)cc3)nc2n1. The molecule has 0 radical (unpaired) electrons. The molecule has 0 spiro atoms. The Balaban J connectivity index is 1.43. The summed E-state index contributed by atoms with van der Waals surface area (Å²) in [6.07, 6.45) is 1.51. The Bertz CT molecular complexity index is 1270. The maximum absolute atomic E-state index is 12.4. The summed E-state index contributed by atoms with van der Waals surface area (Å²) in [6, 6.07) is 16.7. The van der Waals surface area contributed by atoms with Crippen molar-refractivity contribution in [2.24, 2.45) is 5.10 Å². The van der Waals surface area contributed by atoms with Crippen molar-refractivity contribution in [3.8, 4) is 5.75 Å². The van der Waals surface area contributed by atoms with Crippen LogP contribution in [0.25, 0.3) is 5.78 Å². The summed E-state index contributed by atoms with van der Waals surface area (Å²) in [7, 11) is 0. The quantitative estimate of drug-likeness (QED) is 0.368. The number of aryl methyl sites for hydroxylation is 2. The van der Waals surface area contributed by atoms with E-state index in [0.29, 0.717) is 28.7 Å². The molecule has 2 aromatic heterocycles. The smallest absolute Gasteiger partial charge is 0.311 e. The van der Waals surface area contributed by atoms with Crippen molar-refractivity contribution >= 4 is 29.5 Å². The first-order chi connectivity index (χ1) is 15.0. The first-order valence-electron chi connectivity index (χ1n) is 9.50. The van der Waals surface area contributed by atoms with Gasteiger partial charge in [0.1, 0.15) is 12.4 Å². The van der Waals surface area contributed by atoms with E-state index in [2.05, 4.69) is 25.6 Å². The van der Waals surface area contributed by atoms with E-state index >= 15 is 0 Å². The minimum absolute atomic E-state index is 0.00868. The Morgan fingerprint density at radius 1 is 1.16 bits per heavy atom. The zero-order chi connectivity index (χ0) is 21.8. The van der Waals surface area contributed by atoms with Gasteiger partial charge in [-0.1, -0.05) is 35.9 Å². The van der Waals surface area contributed by atoms with Gasteiger partial charge >= 0.3 is 5.91 Å². The van der Waals surface area contributed by atoms with Crippen LogP contribution in [0.3, 0.4) is 0 Å². The molecule has 0 aliphatic heterocycles. The molecule has 8 nitrogen and oxygen atoms in total. The lowest BCUT2D eigenvalue weighted by Crippen LogP contribution is -2.19. The molecule has 31 heavy (non-hydrogen) atoms. The van der Waals surface area contributed by atoms with Gasteiger partial charge in [-0.2, -0.15) is 10.1 Å². The Morgan fingerprint density at radius 3 is 2.74 bits per heavy atom. The zero-order valence-corrected chi connectivity index (χ0v) is 17.7. The van der Waals surface area contributed by atoms with Gasteiger partial charge in [0.05, 0.1) is 6.21 Å². The third kappa shape index (κ3) is 4.87. The van der Waals surface area contributed by atoms with Crippen molar-refractivity contribution in [2.45, 2.75) is 20.5 Å². The van der Waals surface area contributed by atoms with Crippen LogP contribution >= 0.6 is 11.6 Å². The number of fused-ring (bicyclic) bond motifs is 1. The molecule has 0 aliphatic carbocycles. The maximum atomic E-state index is 12.4. The maximum Gasteiger partial charge on any atom is 0.311 e. The molecule has 4 rings (SSSR count). The van der Waals surface area contributed by atoms with Crippen molar-refractivity contribution in [3.05, 3.63) is 88.0 Å². The average molecular weight is 435 g/mol. The van der Waals surface area contributed by atoms with Crippen molar-refractivity contribution in [1.82, 2.24) is 25.0 Å². The van der Waals surface area contributed by atoms with Crippen LogP contribution in [0.4, 0.5) is 0 Å². The number of benzene rings is 2. The number of carbonyl (C=O) groups excluding carboxylic acids is 1. The molecule has 0 aliphatic rings. The van der Waals surface area contributed by atoms with E-state index in [9.17, 15) is 4.79 Å². The van der Waals surface area contributed by atoms with Crippen molar-refractivity contribution < 1.29 is 9.53 Å². The predicted octanol–water partition coefficient (Wildman–Crippen LogP) is 3.74. The van der Waals surface area contributed by atoms with Crippen LogP contribution < -0.4 is 10.2 Å². The Morgan fingerprint density at radius 2 is 1.94 bits per heavy atom. The third-order valence-corrected chi connectivity index (χ3v) is 4.67. The molecule has 0 fully saturated rings. The summed E-state index contributed by atoms with van der Waals surface area (Å²) < 4.78 is 7.41. The number of nitrogens with zero attached hydrogens (tertiary/aromatic N) is 5. The van der Waals surface area contributed by atoms with Crippen LogP contribution in [0.15, 0.2) is 59.7 Å². The van der Waals surface area contributed by atoms with Crippen LogP contribution in [-0.2, 0) is 6.61 Å². The number of rotatable bonds is 6. The van der Waals surface area contributed by atoms with Gasteiger partial charge in [-0.25, -0.2) is 14.9 Å². The Hall–Kier alpha value is -3.78. The molecule has 2 aromatic carbocycles. The summed E-state index contributed by atoms with van der Waals surface area (Å²) in [6.45, 7) is 4.11. The van der Waals surface area contributed by atoms with Crippen molar-refractivity contribution in [3.63, 3.8) is 0 Å². The summed E-state index contributed by atoms with van der Waals surface area (Å²) in [5.74, 6) is 0.466. The van der Waals surface area contributed by atoms with E-state index in [1.807, 2.05) is 68.4 Å². The molecule has 0 unspecified atom stereocenters. The van der Waals surface area contributed by atoms with Gasteiger partial charge in [0, 0.05) is 22.0 Å². The van der Waals surface area contributed by atoms with Gasteiger partial charge in [-0.3, -0.25) is 4.79 Å². The van der Waals surface area contributed by atoms with Crippen LogP contribution in [0, 0.1) is 13.8 Å². The number of carbonyl (C=O) groups is 1. The number of hydrogen-bond donors (Lipinski definition) is 1. The van der Waals surface area contributed by atoms with E-state index in [1.165, 1.54) is 10.7 Å². The summed E-state index contributed by atoms with van der Waals surface area (Å²) in [4.78, 5) is 20.8. The normalized spacial score (nSPS) is 11.2. The second-order valence-electron chi connectivity index (χ2n) is 6.84. The van der Waals surface area contributed by atoms with Crippen molar-refractivity contribution in [2.75, 3.05) is 0 Å². The lowest BCUT2D eigenvalue weighted by Gasteiger charge is -2.09. The molecule has 0 bridgehead atoms. The lowest BCUT2D eigenvalue weighted by molar-refractivity contribution is 0.0945. The molecule has 1 N–H and O–H groups in total. The van der Waals surface area contributed by atoms with Gasteiger partial charge < -0.3 is 4.74 Å². The minimum atomic E-state index is -0.529. The fourth-order valence-corrected chi connectivity index (χ4v) is 3.06. The number of hydrazone groups is 1. The minimum Gasteiger partial charge on any atom is -0.488 e. The van der Waals surface area contributed by atoms with Crippen LogP contribution in [0.2, 0.25) is 5.02 Å². The van der Waals surface area contributed by atoms with Gasteiger partial charge in [-0.15, -0.1) is 5.10 Å². The van der Waals surface area contributed by atoms with E-state index < -0.39 is 5.91 Å². The largest absolute Gasteiger partial charge is 0.488 e. The lowest BCUT2D eigenvalue weighted by atomic mass is 10.2. The van der Waals surface area contributed by atoms with E-state index in [0.717, 1.165) is 17.0 Å². The van der Waals surface area contributed by atoms with Gasteiger partial charge in [-0.05, 0) is 49.7 Å². The van der Waals surface area contributed by atoms with E-state index in [-0.39, 0.29) is 5.82 Å². The zero-order valence-electron chi connectivity index (χ0n) is 16.9. The van der Waals surface area contributed by atoms with Crippen LogP contribution in [0.1, 0.15) is 33.1 Å². The first kappa shape index (κ1) is 20.5. The number of ether oxygens (including phenoxy) is 1. The molecule has 4 aromatic rings. The highest BCUT2D eigenvalue weighted by Crippen LogP contribution is 2.18. The molecule has 0 atom stereocenters. The fraction of sp³-hybridized carbons (Fsp3) is 0.136. The molecule has 0 saturated heterocycles. The van der Waals surface area contributed by atoms with E-state index in [4.69, 9.17) is 16.3 Å². The predicted molar refractivity (Wildman–Crippen MR) is 118 cm³/mol. The number of hydrogen-bond acceptors (Lipinski definition) is 6. The summed E-state index contributed by atoms with van der Waals surface area (Å²) in [5, 5.41) is 8.89. The fourth-order valence-electron chi connectivity index (χ4n) is 2.93. The van der Waals surface area contributed by atoms with Crippen molar-refractivity contribution in [1.29, 1.82) is 0 Å². The Labute approximate surface area is 183 Å². The molecule has 2 heterocycles. The van der Waals surface area contributed by atoms with Crippen LogP contribution in [0.5, 0.6) is 5.75 Å².